The van der Waals surface area contributed by atoms with Crippen molar-refractivity contribution in [2.75, 3.05) is 13.2 Å². The van der Waals surface area contributed by atoms with Crippen LogP contribution in [0.15, 0.2) is 16.9 Å². The Morgan fingerprint density at radius 2 is 2.25 bits per heavy atom. The van der Waals surface area contributed by atoms with Gasteiger partial charge in [0.05, 0.1) is 12.2 Å². The van der Waals surface area contributed by atoms with Crippen LogP contribution in [0.2, 0.25) is 0 Å². The molecular weight excluding hydrogens is 258 g/mol. The Bertz CT molecular complexity index is 545. The highest BCUT2D eigenvalue weighted by molar-refractivity contribution is 5.80. The van der Waals surface area contributed by atoms with Crippen molar-refractivity contribution in [1.82, 2.24) is 15.1 Å². The van der Waals surface area contributed by atoms with Gasteiger partial charge in [-0.3, -0.25) is 9.59 Å². The molecule has 1 saturated heterocycles. The van der Waals surface area contributed by atoms with Gasteiger partial charge in [0.25, 0.3) is 5.56 Å². The van der Waals surface area contributed by atoms with Crippen molar-refractivity contribution < 1.29 is 9.53 Å². The van der Waals surface area contributed by atoms with Gasteiger partial charge in [0, 0.05) is 25.1 Å². The molecule has 0 radical (unpaired) electrons. The summed E-state index contributed by atoms with van der Waals surface area (Å²) in [6.45, 7) is 1.46. The molecule has 1 N–H and O–H groups in total. The van der Waals surface area contributed by atoms with E-state index in [4.69, 9.17) is 4.74 Å². The van der Waals surface area contributed by atoms with Crippen molar-refractivity contribution in [2.24, 2.45) is 0 Å². The number of nitrogens with one attached hydrogen (secondary N) is 1. The minimum absolute atomic E-state index is 0.0890. The summed E-state index contributed by atoms with van der Waals surface area (Å²) >= 11 is 0. The van der Waals surface area contributed by atoms with Crippen LogP contribution in [-0.4, -0.2) is 34.9 Å². The lowest BCUT2D eigenvalue weighted by Gasteiger charge is -2.11. The molecule has 2 heterocycles. The molecular formula is C14H19N3O3. The molecule has 108 valence electrons. The second-order valence-electron chi connectivity index (χ2n) is 5.39. The SMILES string of the molecule is O=C(NCCn1nc(C2CC2)ccc1=O)C1CCCO1. The van der Waals surface area contributed by atoms with Crippen LogP contribution in [0.5, 0.6) is 0 Å². The van der Waals surface area contributed by atoms with Gasteiger partial charge in [-0.25, -0.2) is 4.68 Å². The fourth-order valence-electron chi connectivity index (χ4n) is 2.41. The molecule has 1 saturated carbocycles. The number of hydrogen-bond donors (Lipinski definition) is 1. The maximum atomic E-state index is 11.8. The Hall–Kier alpha value is -1.69. The largest absolute Gasteiger partial charge is 0.368 e. The average Bonchev–Trinajstić information content (AvgIpc) is 3.15. The molecule has 6 nitrogen and oxygen atoms in total. The van der Waals surface area contributed by atoms with Gasteiger partial charge in [-0.2, -0.15) is 5.10 Å². The smallest absolute Gasteiger partial charge is 0.266 e. The number of hydrogen-bond acceptors (Lipinski definition) is 4. The number of ether oxygens (including phenoxy) is 1. The maximum Gasteiger partial charge on any atom is 0.266 e. The molecule has 6 heteroatoms. The molecule has 1 aliphatic heterocycles. The summed E-state index contributed by atoms with van der Waals surface area (Å²) in [6.07, 6.45) is 3.70. The van der Waals surface area contributed by atoms with E-state index >= 15 is 0 Å². The van der Waals surface area contributed by atoms with E-state index in [1.807, 2.05) is 0 Å². The Morgan fingerprint density at radius 1 is 1.40 bits per heavy atom. The average molecular weight is 277 g/mol. The zero-order chi connectivity index (χ0) is 13.9. The standard InChI is InChI=1S/C14H19N3O3/c18-13-6-5-11(10-3-4-10)16-17(13)8-7-15-14(19)12-2-1-9-20-12/h5-6,10,12H,1-4,7-9H2,(H,15,19). The minimum Gasteiger partial charge on any atom is -0.368 e. The summed E-state index contributed by atoms with van der Waals surface area (Å²) in [5.41, 5.74) is 0.857. The zero-order valence-electron chi connectivity index (χ0n) is 11.4. The van der Waals surface area contributed by atoms with E-state index in [2.05, 4.69) is 10.4 Å². The number of carbonyl (C=O) groups is 1. The third-order valence-electron chi connectivity index (χ3n) is 3.73. The number of aromatic nitrogens is 2. The first-order valence-corrected chi connectivity index (χ1v) is 7.21. The number of nitrogens with zero attached hydrogens (tertiary/aromatic N) is 2. The van der Waals surface area contributed by atoms with Gasteiger partial charge in [0.2, 0.25) is 5.91 Å². The molecule has 2 aliphatic rings. The van der Waals surface area contributed by atoms with Crippen LogP contribution in [0.3, 0.4) is 0 Å². The molecule has 0 bridgehead atoms. The van der Waals surface area contributed by atoms with E-state index < -0.39 is 0 Å². The number of amides is 1. The molecule has 1 unspecified atom stereocenters. The zero-order valence-corrected chi connectivity index (χ0v) is 11.4. The first-order chi connectivity index (χ1) is 9.74. The van der Waals surface area contributed by atoms with Crippen molar-refractivity contribution in [2.45, 2.75) is 44.2 Å². The molecule has 1 aliphatic carbocycles. The van der Waals surface area contributed by atoms with E-state index in [-0.39, 0.29) is 17.6 Å². The molecule has 0 spiro atoms. The fourth-order valence-corrected chi connectivity index (χ4v) is 2.41. The van der Waals surface area contributed by atoms with E-state index in [1.165, 1.54) is 4.68 Å². The third kappa shape index (κ3) is 3.07. The lowest BCUT2D eigenvalue weighted by molar-refractivity contribution is -0.130. The predicted molar refractivity (Wildman–Crippen MR) is 72.5 cm³/mol. The van der Waals surface area contributed by atoms with Crippen LogP contribution in [-0.2, 0) is 16.1 Å². The van der Waals surface area contributed by atoms with Gasteiger partial charge in [-0.1, -0.05) is 0 Å². The quantitative estimate of drug-likeness (QED) is 0.846. The first kappa shape index (κ1) is 13.3. The summed E-state index contributed by atoms with van der Waals surface area (Å²) in [7, 11) is 0. The molecule has 1 aromatic rings. The van der Waals surface area contributed by atoms with Gasteiger partial charge in [0.1, 0.15) is 6.10 Å². The second-order valence-corrected chi connectivity index (χ2v) is 5.39. The highest BCUT2D eigenvalue weighted by Gasteiger charge is 2.26. The van der Waals surface area contributed by atoms with Crippen LogP contribution >= 0.6 is 0 Å². The van der Waals surface area contributed by atoms with E-state index in [0.29, 0.717) is 25.6 Å². The molecule has 1 amide bonds. The Labute approximate surface area is 117 Å². The number of carbonyl (C=O) groups excluding carboxylic acids is 1. The Balaban J connectivity index is 1.53. The van der Waals surface area contributed by atoms with Crippen LogP contribution in [0.25, 0.3) is 0 Å². The van der Waals surface area contributed by atoms with E-state index in [0.717, 1.165) is 31.4 Å². The van der Waals surface area contributed by atoms with Gasteiger partial charge >= 0.3 is 0 Å². The predicted octanol–water partition coefficient (Wildman–Crippen LogP) is 0.416. The summed E-state index contributed by atoms with van der Waals surface area (Å²) in [6, 6.07) is 3.37. The summed E-state index contributed by atoms with van der Waals surface area (Å²) in [5, 5.41) is 7.15. The van der Waals surface area contributed by atoms with Gasteiger partial charge < -0.3 is 10.1 Å². The molecule has 2 fully saturated rings. The normalized spacial score (nSPS) is 21.9. The molecule has 0 aromatic carbocycles. The molecule has 1 atom stereocenters. The van der Waals surface area contributed by atoms with Gasteiger partial charge in [0.15, 0.2) is 0 Å². The van der Waals surface area contributed by atoms with Crippen molar-refractivity contribution in [3.63, 3.8) is 0 Å². The van der Waals surface area contributed by atoms with Crippen molar-refractivity contribution in [3.8, 4) is 0 Å². The van der Waals surface area contributed by atoms with Crippen LogP contribution in [0.1, 0.15) is 37.3 Å². The van der Waals surface area contributed by atoms with Crippen LogP contribution in [0.4, 0.5) is 0 Å². The molecule has 20 heavy (non-hydrogen) atoms. The van der Waals surface area contributed by atoms with Crippen molar-refractivity contribution in [3.05, 3.63) is 28.2 Å². The fraction of sp³-hybridized carbons (Fsp3) is 0.643. The highest BCUT2D eigenvalue weighted by atomic mass is 16.5. The monoisotopic (exact) mass is 277 g/mol. The third-order valence-corrected chi connectivity index (χ3v) is 3.73. The summed E-state index contributed by atoms with van der Waals surface area (Å²) in [4.78, 5) is 23.5. The molecule has 1 aromatic heterocycles. The minimum atomic E-state index is -0.322. The lowest BCUT2D eigenvalue weighted by atomic mass is 10.2. The van der Waals surface area contributed by atoms with Crippen molar-refractivity contribution >= 4 is 5.91 Å². The van der Waals surface area contributed by atoms with Gasteiger partial charge in [-0.05, 0) is 31.7 Å². The first-order valence-electron chi connectivity index (χ1n) is 7.21. The topological polar surface area (TPSA) is 73.2 Å². The summed E-state index contributed by atoms with van der Waals surface area (Å²) < 4.78 is 6.74. The lowest BCUT2D eigenvalue weighted by Crippen LogP contribution is -2.37. The van der Waals surface area contributed by atoms with Gasteiger partial charge in [-0.15, -0.1) is 0 Å². The highest BCUT2D eigenvalue weighted by Crippen LogP contribution is 2.38. The van der Waals surface area contributed by atoms with Crippen molar-refractivity contribution in [1.29, 1.82) is 0 Å². The van der Waals surface area contributed by atoms with Crippen LogP contribution < -0.4 is 10.9 Å². The Kier molecular flexibility index (Phi) is 3.82. The summed E-state index contributed by atoms with van der Waals surface area (Å²) in [5.74, 6) is 0.428. The van der Waals surface area contributed by atoms with E-state index in [9.17, 15) is 9.59 Å². The molecule has 3 rings (SSSR count). The maximum absolute atomic E-state index is 11.8. The number of rotatable bonds is 5. The Morgan fingerprint density at radius 3 is 2.95 bits per heavy atom. The van der Waals surface area contributed by atoms with E-state index in [1.54, 1.807) is 12.1 Å². The van der Waals surface area contributed by atoms with Crippen LogP contribution in [0, 0.1) is 0 Å². The second kappa shape index (κ2) is 5.75.